The maximum Gasteiger partial charge on any atom is 0.300 e. The molecule has 0 radical (unpaired) electrons. The number of Topliss-reactive ketones (excluding diaryl/α,β-unsaturated/α-hetero) is 1. The zero-order valence-electron chi connectivity index (χ0n) is 17.9. The van der Waals surface area contributed by atoms with E-state index in [0.29, 0.717) is 22.6 Å². The van der Waals surface area contributed by atoms with Crippen LogP contribution >= 0.6 is 0 Å². The van der Waals surface area contributed by atoms with E-state index < -0.39 is 23.5 Å². The van der Waals surface area contributed by atoms with Gasteiger partial charge in [-0.3, -0.25) is 14.5 Å². The van der Waals surface area contributed by atoms with Crippen molar-refractivity contribution in [1.82, 2.24) is 0 Å². The fourth-order valence-electron chi connectivity index (χ4n) is 3.85. The third-order valence-corrected chi connectivity index (χ3v) is 5.62. The average molecular weight is 431 g/mol. The van der Waals surface area contributed by atoms with Crippen molar-refractivity contribution in [2.24, 2.45) is 0 Å². The number of carbonyl (C=O) groups is 2. The highest BCUT2D eigenvalue weighted by Gasteiger charge is 2.47. The van der Waals surface area contributed by atoms with Gasteiger partial charge in [-0.1, -0.05) is 29.8 Å². The summed E-state index contributed by atoms with van der Waals surface area (Å²) in [6.07, 6.45) is 0. The van der Waals surface area contributed by atoms with Crippen molar-refractivity contribution in [2.75, 3.05) is 12.0 Å². The summed E-state index contributed by atoms with van der Waals surface area (Å²) in [7, 11) is 1.55. The number of rotatable bonds is 4. The number of halogens is 1. The van der Waals surface area contributed by atoms with Crippen LogP contribution in [0.15, 0.2) is 72.3 Å². The molecule has 0 bridgehead atoms. The number of amides is 1. The van der Waals surface area contributed by atoms with Crippen LogP contribution in [0.25, 0.3) is 5.76 Å². The molecule has 1 N–H and O–H groups in total. The van der Waals surface area contributed by atoms with E-state index in [9.17, 15) is 19.1 Å². The normalized spacial score (nSPS) is 17.6. The fourth-order valence-corrected chi connectivity index (χ4v) is 3.85. The number of benzene rings is 3. The van der Waals surface area contributed by atoms with Gasteiger partial charge in [-0.25, -0.2) is 4.39 Å². The smallest absolute Gasteiger partial charge is 0.300 e. The summed E-state index contributed by atoms with van der Waals surface area (Å²) in [6.45, 7) is 3.49. The number of methoxy groups -OCH3 is 1. The molecule has 1 atom stereocenters. The Hall–Kier alpha value is -3.93. The second-order valence-corrected chi connectivity index (χ2v) is 7.74. The van der Waals surface area contributed by atoms with Gasteiger partial charge in [-0.2, -0.15) is 0 Å². The lowest BCUT2D eigenvalue weighted by molar-refractivity contribution is -0.132. The molecule has 0 aliphatic carbocycles. The molecule has 3 aromatic carbocycles. The average Bonchev–Trinajstić information content (AvgIpc) is 3.06. The topological polar surface area (TPSA) is 66.8 Å². The monoisotopic (exact) mass is 431 g/mol. The molecule has 1 aliphatic rings. The van der Waals surface area contributed by atoms with Crippen LogP contribution in [-0.2, 0) is 9.59 Å². The van der Waals surface area contributed by atoms with Crippen molar-refractivity contribution in [1.29, 1.82) is 0 Å². The van der Waals surface area contributed by atoms with Gasteiger partial charge in [0.2, 0.25) is 0 Å². The number of aliphatic hydroxyl groups excluding tert-OH is 1. The van der Waals surface area contributed by atoms with Gasteiger partial charge in [0.1, 0.15) is 17.3 Å². The van der Waals surface area contributed by atoms with E-state index in [0.717, 1.165) is 5.56 Å². The third-order valence-electron chi connectivity index (χ3n) is 5.62. The molecule has 1 fully saturated rings. The molecule has 0 spiro atoms. The number of hydrogen-bond donors (Lipinski definition) is 1. The summed E-state index contributed by atoms with van der Waals surface area (Å²) in [5.74, 6) is -1.69. The van der Waals surface area contributed by atoms with Gasteiger partial charge in [0.15, 0.2) is 0 Å². The number of aryl methyl sites for hydroxylation is 2. The van der Waals surface area contributed by atoms with Crippen LogP contribution in [0, 0.1) is 19.7 Å². The van der Waals surface area contributed by atoms with Gasteiger partial charge in [-0.15, -0.1) is 0 Å². The molecular weight excluding hydrogens is 409 g/mol. The van der Waals surface area contributed by atoms with E-state index in [2.05, 4.69) is 0 Å². The molecule has 4 rings (SSSR count). The lowest BCUT2D eigenvalue weighted by atomic mass is 9.94. The Morgan fingerprint density at radius 3 is 2.22 bits per heavy atom. The van der Waals surface area contributed by atoms with E-state index in [1.165, 1.54) is 23.1 Å². The zero-order chi connectivity index (χ0) is 23.0. The molecule has 6 heteroatoms. The lowest BCUT2D eigenvalue weighted by Gasteiger charge is -2.25. The molecule has 1 heterocycles. The van der Waals surface area contributed by atoms with E-state index in [1.54, 1.807) is 50.4 Å². The van der Waals surface area contributed by atoms with Crippen LogP contribution in [0.3, 0.4) is 0 Å². The Bertz CT molecular complexity index is 1230. The first-order chi connectivity index (χ1) is 15.3. The van der Waals surface area contributed by atoms with Gasteiger partial charge in [0.25, 0.3) is 11.7 Å². The Kier molecular flexibility index (Phi) is 5.53. The largest absolute Gasteiger partial charge is 0.507 e. The third kappa shape index (κ3) is 3.64. The maximum absolute atomic E-state index is 13.8. The highest BCUT2D eigenvalue weighted by atomic mass is 19.1. The van der Waals surface area contributed by atoms with Crippen molar-refractivity contribution < 1.29 is 23.8 Å². The molecule has 0 aromatic heterocycles. The Morgan fingerprint density at radius 2 is 1.62 bits per heavy atom. The number of ether oxygens (including phenoxy) is 1. The van der Waals surface area contributed by atoms with Crippen LogP contribution in [0.5, 0.6) is 5.75 Å². The summed E-state index contributed by atoms with van der Waals surface area (Å²) in [4.78, 5) is 27.6. The number of hydrogen-bond acceptors (Lipinski definition) is 4. The van der Waals surface area contributed by atoms with Gasteiger partial charge >= 0.3 is 0 Å². The van der Waals surface area contributed by atoms with Crippen molar-refractivity contribution in [3.8, 4) is 5.75 Å². The zero-order valence-corrected chi connectivity index (χ0v) is 17.9. The van der Waals surface area contributed by atoms with Crippen LogP contribution in [-0.4, -0.2) is 23.9 Å². The summed E-state index contributed by atoms with van der Waals surface area (Å²) in [5.41, 5.74) is 2.71. The van der Waals surface area contributed by atoms with Gasteiger partial charge in [-0.05, 0) is 67.4 Å². The first-order valence-corrected chi connectivity index (χ1v) is 10.1. The Morgan fingerprint density at radius 1 is 0.969 bits per heavy atom. The van der Waals surface area contributed by atoms with Gasteiger partial charge < -0.3 is 9.84 Å². The molecule has 1 unspecified atom stereocenters. The van der Waals surface area contributed by atoms with Crippen molar-refractivity contribution in [3.05, 3.63) is 100 Å². The minimum Gasteiger partial charge on any atom is -0.507 e. The number of ketones is 1. The minimum atomic E-state index is -0.853. The number of anilines is 1. The van der Waals surface area contributed by atoms with E-state index >= 15 is 0 Å². The summed E-state index contributed by atoms with van der Waals surface area (Å²) < 4.78 is 19.0. The Balaban J connectivity index is 1.93. The molecule has 32 heavy (non-hydrogen) atoms. The predicted octanol–water partition coefficient (Wildman–Crippen LogP) is 5.08. The summed E-state index contributed by atoms with van der Waals surface area (Å²) >= 11 is 0. The highest BCUT2D eigenvalue weighted by molar-refractivity contribution is 6.51. The van der Waals surface area contributed by atoms with E-state index in [4.69, 9.17) is 4.74 Å². The summed E-state index contributed by atoms with van der Waals surface area (Å²) in [5, 5.41) is 11.1. The SMILES string of the molecule is COc1ccc(C2/C(=C(/O)c3ccc(F)c(C)c3)C(=O)C(=O)N2c2ccc(C)cc2)cc1. The fraction of sp³-hybridized carbons (Fsp3) is 0.154. The number of carbonyl (C=O) groups excluding carboxylic acids is 2. The lowest BCUT2D eigenvalue weighted by Crippen LogP contribution is -2.29. The second-order valence-electron chi connectivity index (χ2n) is 7.74. The molecule has 1 amide bonds. The van der Waals surface area contributed by atoms with Crippen LogP contribution in [0.2, 0.25) is 0 Å². The molecule has 0 saturated carbocycles. The summed E-state index contributed by atoms with van der Waals surface area (Å²) in [6, 6.07) is 17.4. The number of nitrogens with zero attached hydrogens (tertiary/aromatic N) is 1. The standard InChI is InChI=1S/C26H22FNO4/c1-15-4-9-19(10-5-15)28-23(17-6-11-20(32-3)12-7-17)22(25(30)26(28)31)24(29)18-8-13-21(27)16(2)14-18/h4-14,23,29H,1-3H3/b24-22-. The minimum absolute atomic E-state index is 0.0493. The van der Waals surface area contributed by atoms with Gasteiger partial charge in [0, 0.05) is 11.3 Å². The predicted molar refractivity (Wildman–Crippen MR) is 120 cm³/mol. The highest BCUT2D eigenvalue weighted by Crippen LogP contribution is 2.42. The van der Waals surface area contributed by atoms with Crippen molar-refractivity contribution in [3.63, 3.8) is 0 Å². The maximum atomic E-state index is 13.8. The van der Waals surface area contributed by atoms with Crippen molar-refractivity contribution >= 4 is 23.1 Å². The molecule has 1 saturated heterocycles. The first kappa shape index (κ1) is 21.3. The molecular formula is C26H22FNO4. The molecule has 162 valence electrons. The second kappa shape index (κ2) is 8.30. The van der Waals surface area contributed by atoms with Gasteiger partial charge in [0.05, 0.1) is 18.7 Å². The molecule has 3 aromatic rings. The van der Waals surface area contributed by atoms with Crippen LogP contribution < -0.4 is 9.64 Å². The van der Waals surface area contributed by atoms with Crippen LogP contribution in [0.1, 0.15) is 28.3 Å². The number of aliphatic hydroxyl groups is 1. The molecule has 1 aliphatic heterocycles. The Labute approximate surface area is 185 Å². The van der Waals surface area contributed by atoms with E-state index in [1.807, 2.05) is 19.1 Å². The first-order valence-electron chi connectivity index (χ1n) is 10.1. The molecule has 5 nitrogen and oxygen atoms in total. The quantitative estimate of drug-likeness (QED) is 0.356. The van der Waals surface area contributed by atoms with E-state index in [-0.39, 0.29) is 16.9 Å². The van der Waals surface area contributed by atoms with Crippen molar-refractivity contribution in [2.45, 2.75) is 19.9 Å². The van der Waals surface area contributed by atoms with Crippen LogP contribution in [0.4, 0.5) is 10.1 Å².